The third-order valence-electron chi connectivity index (χ3n) is 3.47. The number of likely N-dealkylation sites (N-methyl/N-ethyl adjacent to an activating group) is 1. The smallest absolute Gasteiger partial charge is 0.0843 e. The average Bonchev–Trinajstić information content (AvgIpc) is 2.75. The summed E-state index contributed by atoms with van der Waals surface area (Å²) < 4.78 is 2.04. The van der Waals surface area contributed by atoms with E-state index in [0.717, 1.165) is 25.3 Å². The molecule has 4 nitrogen and oxygen atoms in total. The van der Waals surface area contributed by atoms with Crippen LogP contribution in [-0.4, -0.2) is 38.5 Å². The van der Waals surface area contributed by atoms with Crippen molar-refractivity contribution in [1.29, 1.82) is 0 Å². The van der Waals surface area contributed by atoms with E-state index in [0.29, 0.717) is 6.54 Å². The molecule has 1 N–H and O–H groups in total. The molecule has 110 valence electrons. The lowest BCUT2D eigenvalue weighted by molar-refractivity contribution is 0.0350. The lowest BCUT2D eigenvalue weighted by Gasteiger charge is -2.27. The second-order valence-electron chi connectivity index (χ2n) is 5.90. The van der Waals surface area contributed by atoms with Gasteiger partial charge in [0.15, 0.2) is 0 Å². The Labute approximate surface area is 121 Å². The van der Waals surface area contributed by atoms with Gasteiger partial charge in [-0.25, -0.2) is 0 Å². The highest BCUT2D eigenvalue weighted by molar-refractivity contribution is 5.81. The third kappa shape index (κ3) is 3.38. The van der Waals surface area contributed by atoms with E-state index in [1.54, 1.807) is 0 Å². The van der Waals surface area contributed by atoms with Crippen LogP contribution in [0.25, 0.3) is 10.9 Å². The molecule has 0 aliphatic carbocycles. The molecule has 4 heteroatoms. The summed E-state index contributed by atoms with van der Waals surface area (Å²) in [6.07, 6.45) is 0. The Kier molecular flexibility index (Phi) is 4.45. The molecule has 2 aromatic rings. The van der Waals surface area contributed by atoms with E-state index in [4.69, 9.17) is 5.10 Å². The number of hydrogen-bond donors (Lipinski definition) is 1. The molecule has 1 heterocycles. The van der Waals surface area contributed by atoms with Gasteiger partial charge in [0, 0.05) is 25.0 Å². The first-order chi connectivity index (χ1) is 9.44. The standard InChI is InChI=1S/C16H25N3O/c1-5-18(12-16(3,4)20)11-14-13-9-7-8-10-15(13)19(6-2)17-14/h7-10,20H,5-6,11-12H2,1-4H3. The Morgan fingerprint density at radius 1 is 1.25 bits per heavy atom. The molecule has 20 heavy (non-hydrogen) atoms. The topological polar surface area (TPSA) is 41.3 Å². The fraction of sp³-hybridized carbons (Fsp3) is 0.562. The number of nitrogens with zero attached hydrogens (tertiary/aromatic N) is 3. The first-order valence-corrected chi connectivity index (χ1v) is 7.33. The molecule has 0 atom stereocenters. The fourth-order valence-corrected chi connectivity index (χ4v) is 2.59. The van der Waals surface area contributed by atoms with Crippen LogP contribution in [0.2, 0.25) is 0 Å². The number of fused-ring (bicyclic) bond motifs is 1. The van der Waals surface area contributed by atoms with E-state index in [9.17, 15) is 5.11 Å². The molecule has 0 unspecified atom stereocenters. The molecule has 2 rings (SSSR count). The maximum absolute atomic E-state index is 9.99. The van der Waals surface area contributed by atoms with E-state index in [-0.39, 0.29) is 0 Å². The molecule has 0 aliphatic rings. The second kappa shape index (κ2) is 5.94. The van der Waals surface area contributed by atoms with Crippen molar-refractivity contribution < 1.29 is 5.11 Å². The van der Waals surface area contributed by atoms with Gasteiger partial charge in [0.2, 0.25) is 0 Å². The molecular formula is C16H25N3O. The van der Waals surface area contributed by atoms with Crippen LogP contribution < -0.4 is 0 Å². The molecule has 1 aromatic heterocycles. The Morgan fingerprint density at radius 2 is 1.95 bits per heavy atom. The molecular weight excluding hydrogens is 250 g/mol. The minimum atomic E-state index is -0.681. The Bertz CT molecular complexity index is 569. The minimum absolute atomic E-state index is 0.650. The van der Waals surface area contributed by atoms with Crippen molar-refractivity contribution in [3.8, 4) is 0 Å². The molecule has 0 fully saturated rings. The zero-order chi connectivity index (χ0) is 14.8. The van der Waals surface area contributed by atoms with Crippen LogP contribution >= 0.6 is 0 Å². The van der Waals surface area contributed by atoms with Crippen LogP contribution in [0, 0.1) is 0 Å². The maximum atomic E-state index is 9.99. The summed E-state index contributed by atoms with van der Waals surface area (Å²) in [5.74, 6) is 0. The molecule has 0 saturated carbocycles. The number of aryl methyl sites for hydroxylation is 1. The van der Waals surface area contributed by atoms with Gasteiger partial charge in [-0.3, -0.25) is 9.58 Å². The van der Waals surface area contributed by atoms with Gasteiger partial charge in [0.05, 0.1) is 16.8 Å². The van der Waals surface area contributed by atoms with E-state index >= 15 is 0 Å². The third-order valence-corrected chi connectivity index (χ3v) is 3.47. The number of aromatic nitrogens is 2. The normalized spacial score (nSPS) is 12.5. The van der Waals surface area contributed by atoms with Crippen molar-refractivity contribution in [2.75, 3.05) is 13.1 Å². The van der Waals surface area contributed by atoms with Gasteiger partial charge in [0.1, 0.15) is 0 Å². The van der Waals surface area contributed by atoms with Crippen molar-refractivity contribution in [3.05, 3.63) is 30.0 Å². The van der Waals surface area contributed by atoms with Crippen LogP contribution in [-0.2, 0) is 13.1 Å². The van der Waals surface area contributed by atoms with E-state index < -0.39 is 5.60 Å². The van der Waals surface area contributed by atoms with Gasteiger partial charge in [-0.15, -0.1) is 0 Å². The van der Waals surface area contributed by atoms with Gasteiger partial charge in [-0.1, -0.05) is 25.1 Å². The second-order valence-corrected chi connectivity index (χ2v) is 5.90. The summed E-state index contributed by atoms with van der Waals surface area (Å²) >= 11 is 0. The molecule has 0 bridgehead atoms. The van der Waals surface area contributed by atoms with Gasteiger partial charge in [-0.05, 0) is 33.4 Å². The van der Waals surface area contributed by atoms with Crippen molar-refractivity contribution >= 4 is 10.9 Å². The Balaban J connectivity index is 2.28. The highest BCUT2D eigenvalue weighted by Crippen LogP contribution is 2.20. The molecule has 0 aliphatic heterocycles. The van der Waals surface area contributed by atoms with E-state index in [2.05, 4.69) is 36.9 Å². The summed E-state index contributed by atoms with van der Waals surface area (Å²) in [7, 11) is 0. The van der Waals surface area contributed by atoms with Gasteiger partial charge >= 0.3 is 0 Å². The first-order valence-electron chi connectivity index (χ1n) is 7.33. The molecule has 0 radical (unpaired) electrons. The lowest BCUT2D eigenvalue weighted by atomic mass is 10.1. The first kappa shape index (κ1) is 15.0. The lowest BCUT2D eigenvalue weighted by Crippen LogP contribution is -2.38. The van der Waals surface area contributed by atoms with Gasteiger partial charge in [0.25, 0.3) is 0 Å². The molecule has 0 saturated heterocycles. The summed E-state index contributed by atoms with van der Waals surface area (Å²) in [6.45, 7) is 11.1. The maximum Gasteiger partial charge on any atom is 0.0843 e. The number of rotatable bonds is 6. The van der Waals surface area contributed by atoms with Crippen LogP contribution in [0.3, 0.4) is 0 Å². The summed E-state index contributed by atoms with van der Waals surface area (Å²) in [5.41, 5.74) is 1.59. The molecule has 1 aromatic carbocycles. The van der Waals surface area contributed by atoms with Gasteiger partial charge in [-0.2, -0.15) is 5.10 Å². The zero-order valence-electron chi connectivity index (χ0n) is 12.9. The van der Waals surface area contributed by atoms with Crippen molar-refractivity contribution in [3.63, 3.8) is 0 Å². The summed E-state index contributed by atoms with van der Waals surface area (Å²) in [4.78, 5) is 2.23. The average molecular weight is 275 g/mol. The largest absolute Gasteiger partial charge is 0.389 e. The Morgan fingerprint density at radius 3 is 2.55 bits per heavy atom. The fourth-order valence-electron chi connectivity index (χ4n) is 2.59. The molecule has 0 spiro atoms. The zero-order valence-corrected chi connectivity index (χ0v) is 12.9. The van der Waals surface area contributed by atoms with Crippen LogP contribution in [0.1, 0.15) is 33.4 Å². The van der Waals surface area contributed by atoms with E-state index in [1.807, 2.05) is 24.6 Å². The van der Waals surface area contributed by atoms with Crippen molar-refractivity contribution in [2.24, 2.45) is 0 Å². The predicted molar refractivity (Wildman–Crippen MR) is 82.7 cm³/mol. The monoisotopic (exact) mass is 275 g/mol. The SMILES string of the molecule is CCN(Cc1nn(CC)c2ccccc12)CC(C)(C)O. The minimum Gasteiger partial charge on any atom is -0.389 e. The Hall–Kier alpha value is -1.39. The van der Waals surface area contributed by atoms with Crippen molar-refractivity contribution in [2.45, 2.75) is 46.4 Å². The van der Waals surface area contributed by atoms with E-state index in [1.165, 1.54) is 10.9 Å². The number of hydrogen-bond acceptors (Lipinski definition) is 3. The number of aliphatic hydroxyl groups is 1. The summed E-state index contributed by atoms with van der Waals surface area (Å²) in [6, 6.07) is 8.34. The van der Waals surface area contributed by atoms with Crippen LogP contribution in [0.4, 0.5) is 0 Å². The van der Waals surface area contributed by atoms with Crippen molar-refractivity contribution in [1.82, 2.24) is 14.7 Å². The highest BCUT2D eigenvalue weighted by atomic mass is 16.3. The quantitative estimate of drug-likeness (QED) is 0.881. The van der Waals surface area contributed by atoms with Gasteiger partial charge < -0.3 is 5.11 Å². The van der Waals surface area contributed by atoms with Crippen LogP contribution in [0.5, 0.6) is 0 Å². The van der Waals surface area contributed by atoms with Crippen LogP contribution in [0.15, 0.2) is 24.3 Å². The summed E-state index contributed by atoms with van der Waals surface area (Å²) in [5, 5.41) is 15.9. The number of para-hydroxylation sites is 1. The number of benzene rings is 1. The molecule has 0 amide bonds. The predicted octanol–water partition coefficient (Wildman–Crippen LogP) is 2.65. The highest BCUT2D eigenvalue weighted by Gasteiger charge is 2.19.